The molecule has 1 fully saturated rings. The first kappa shape index (κ1) is 13.1. The summed E-state index contributed by atoms with van der Waals surface area (Å²) in [5, 5.41) is 6.27. The van der Waals surface area contributed by atoms with Crippen LogP contribution in [-0.4, -0.2) is 24.0 Å². The average Bonchev–Trinajstić information content (AvgIpc) is 2.78. The second-order valence-corrected chi connectivity index (χ2v) is 4.45. The number of hydrogen-bond donors (Lipinski definition) is 2. The highest BCUT2D eigenvalue weighted by Crippen LogP contribution is 2.23. The van der Waals surface area contributed by atoms with Gasteiger partial charge in [0.1, 0.15) is 0 Å². The summed E-state index contributed by atoms with van der Waals surface area (Å²) in [6, 6.07) is -0.122. The molecule has 2 N–H and O–H groups in total. The summed E-state index contributed by atoms with van der Waals surface area (Å²) in [4.78, 5) is 12.2. The van der Waals surface area contributed by atoms with Crippen LogP contribution in [0.15, 0.2) is 0 Å². The number of carbonyl (C=O) groups is 1. The molecule has 0 spiro atoms. The van der Waals surface area contributed by atoms with Gasteiger partial charge >= 0.3 is 0 Å². The van der Waals surface area contributed by atoms with Gasteiger partial charge in [-0.05, 0) is 32.2 Å². The second-order valence-electron chi connectivity index (χ2n) is 4.45. The van der Waals surface area contributed by atoms with Gasteiger partial charge in [0.2, 0.25) is 5.91 Å². The molecule has 2 unspecified atom stereocenters. The summed E-state index contributed by atoms with van der Waals surface area (Å²) in [7, 11) is 0. The average molecular weight is 222 g/mol. The number of amides is 1. The predicted molar refractivity (Wildman–Crippen MR) is 65.9 cm³/mol. The monoisotopic (exact) mass is 222 g/mol. The lowest BCUT2D eigenvalue weighted by Gasteiger charge is -2.28. The molecule has 0 aromatic carbocycles. The van der Waals surface area contributed by atoms with E-state index in [1.807, 2.05) is 6.92 Å². The third-order valence-electron chi connectivity index (χ3n) is 3.37. The maximum Gasteiger partial charge on any atom is 0.241 e. The molecule has 1 aliphatic rings. The molecule has 0 aromatic heterocycles. The van der Waals surface area contributed by atoms with E-state index in [1.54, 1.807) is 0 Å². The van der Waals surface area contributed by atoms with Crippen LogP contribution in [0.2, 0.25) is 0 Å². The van der Waals surface area contributed by atoms with Gasteiger partial charge < -0.3 is 10.6 Å². The molecule has 1 aliphatic heterocycles. The van der Waals surface area contributed by atoms with Gasteiger partial charge in [0, 0.05) is 0 Å². The van der Waals surface area contributed by atoms with Crippen molar-refractivity contribution in [3.05, 3.63) is 0 Å². The number of rotatable bonds is 5. The molecule has 16 heavy (non-hydrogen) atoms. The van der Waals surface area contributed by atoms with E-state index in [2.05, 4.69) is 23.5 Å². The Morgan fingerprint density at radius 2 is 2.38 bits per heavy atom. The molecule has 1 heterocycles. The van der Waals surface area contributed by atoms with Crippen molar-refractivity contribution in [1.82, 2.24) is 10.6 Å². The van der Waals surface area contributed by atoms with Gasteiger partial charge in [-0.3, -0.25) is 4.79 Å². The summed E-state index contributed by atoms with van der Waals surface area (Å²) in [5.41, 5.74) is -0.372. The van der Waals surface area contributed by atoms with Crippen molar-refractivity contribution in [2.75, 3.05) is 6.54 Å². The standard InChI is InChI=1S/C13H22N2O/c1-4-8-11(5-2)15-12(16)13(6-3)9-7-10-14-13/h2,11,14H,4,6-10H2,1,3H3,(H,15,16). The molecule has 1 saturated heterocycles. The van der Waals surface area contributed by atoms with E-state index in [0.717, 1.165) is 38.6 Å². The van der Waals surface area contributed by atoms with Crippen molar-refractivity contribution < 1.29 is 4.79 Å². The van der Waals surface area contributed by atoms with Crippen LogP contribution >= 0.6 is 0 Å². The van der Waals surface area contributed by atoms with Gasteiger partial charge in [0.25, 0.3) is 0 Å². The predicted octanol–water partition coefficient (Wildman–Crippen LogP) is 1.44. The normalized spacial score (nSPS) is 26.1. The van der Waals surface area contributed by atoms with E-state index < -0.39 is 0 Å². The molecule has 0 aliphatic carbocycles. The molecule has 3 heteroatoms. The summed E-state index contributed by atoms with van der Waals surface area (Å²) in [6.07, 6.45) is 10.0. The van der Waals surface area contributed by atoms with E-state index in [4.69, 9.17) is 6.42 Å². The highest BCUT2D eigenvalue weighted by Gasteiger charge is 2.39. The number of hydrogen-bond acceptors (Lipinski definition) is 2. The smallest absolute Gasteiger partial charge is 0.241 e. The number of terminal acetylenes is 1. The van der Waals surface area contributed by atoms with Gasteiger partial charge in [-0.1, -0.05) is 26.2 Å². The Morgan fingerprint density at radius 1 is 1.62 bits per heavy atom. The van der Waals surface area contributed by atoms with Crippen LogP contribution in [-0.2, 0) is 4.79 Å². The van der Waals surface area contributed by atoms with Crippen LogP contribution in [0.3, 0.4) is 0 Å². The third-order valence-corrected chi connectivity index (χ3v) is 3.37. The Balaban J connectivity index is 2.59. The molecular formula is C13H22N2O. The number of nitrogens with one attached hydrogen (secondary N) is 2. The summed E-state index contributed by atoms with van der Waals surface area (Å²) >= 11 is 0. The van der Waals surface area contributed by atoms with Gasteiger partial charge in [-0.25, -0.2) is 0 Å². The van der Waals surface area contributed by atoms with Crippen molar-refractivity contribution in [3.8, 4) is 12.3 Å². The summed E-state index contributed by atoms with van der Waals surface area (Å²) in [5.74, 6) is 2.71. The molecule has 1 amide bonds. The molecule has 3 nitrogen and oxygen atoms in total. The van der Waals surface area contributed by atoms with E-state index >= 15 is 0 Å². The lowest BCUT2D eigenvalue weighted by Crippen LogP contribution is -2.55. The van der Waals surface area contributed by atoms with Gasteiger partial charge in [-0.15, -0.1) is 6.42 Å². The molecule has 0 aromatic rings. The highest BCUT2D eigenvalue weighted by atomic mass is 16.2. The number of carbonyl (C=O) groups excluding carboxylic acids is 1. The Kier molecular flexibility index (Phi) is 4.82. The van der Waals surface area contributed by atoms with E-state index in [9.17, 15) is 4.79 Å². The lowest BCUT2D eigenvalue weighted by molar-refractivity contribution is -0.127. The van der Waals surface area contributed by atoms with E-state index in [1.165, 1.54) is 0 Å². The van der Waals surface area contributed by atoms with Crippen LogP contribution in [0.25, 0.3) is 0 Å². The quantitative estimate of drug-likeness (QED) is 0.691. The largest absolute Gasteiger partial charge is 0.341 e. The minimum Gasteiger partial charge on any atom is -0.341 e. The minimum atomic E-state index is -0.372. The van der Waals surface area contributed by atoms with Gasteiger partial charge in [0.15, 0.2) is 0 Å². The van der Waals surface area contributed by atoms with E-state index in [-0.39, 0.29) is 17.5 Å². The zero-order chi connectivity index (χ0) is 12.0. The van der Waals surface area contributed by atoms with Crippen LogP contribution in [0.4, 0.5) is 0 Å². The zero-order valence-corrected chi connectivity index (χ0v) is 10.3. The van der Waals surface area contributed by atoms with Crippen molar-refractivity contribution in [2.24, 2.45) is 0 Å². The van der Waals surface area contributed by atoms with Crippen molar-refractivity contribution >= 4 is 5.91 Å². The fourth-order valence-corrected chi connectivity index (χ4v) is 2.24. The minimum absolute atomic E-state index is 0.0731. The van der Waals surface area contributed by atoms with Crippen LogP contribution in [0.1, 0.15) is 46.0 Å². The van der Waals surface area contributed by atoms with Crippen LogP contribution in [0, 0.1) is 12.3 Å². The Labute approximate surface area is 98.4 Å². The molecule has 0 radical (unpaired) electrons. The highest BCUT2D eigenvalue weighted by molar-refractivity contribution is 5.87. The summed E-state index contributed by atoms with van der Waals surface area (Å²) < 4.78 is 0. The van der Waals surface area contributed by atoms with Gasteiger partial charge in [-0.2, -0.15) is 0 Å². The first-order chi connectivity index (χ1) is 7.68. The fourth-order valence-electron chi connectivity index (χ4n) is 2.24. The topological polar surface area (TPSA) is 41.1 Å². The molecule has 0 bridgehead atoms. The fraction of sp³-hybridized carbons (Fsp3) is 0.769. The third kappa shape index (κ3) is 2.76. The molecular weight excluding hydrogens is 200 g/mol. The Hall–Kier alpha value is -1.01. The van der Waals surface area contributed by atoms with Crippen LogP contribution in [0.5, 0.6) is 0 Å². The maximum absolute atomic E-state index is 12.2. The summed E-state index contributed by atoms with van der Waals surface area (Å²) in [6.45, 7) is 5.04. The lowest BCUT2D eigenvalue weighted by atomic mass is 9.92. The van der Waals surface area contributed by atoms with Crippen molar-refractivity contribution in [3.63, 3.8) is 0 Å². The van der Waals surface area contributed by atoms with Crippen LogP contribution < -0.4 is 10.6 Å². The Bertz CT molecular complexity index is 274. The van der Waals surface area contributed by atoms with Gasteiger partial charge in [0.05, 0.1) is 11.6 Å². The SMILES string of the molecule is C#CC(CCC)NC(=O)C1(CC)CCCN1. The maximum atomic E-state index is 12.2. The molecule has 2 atom stereocenters. The molecule has 0 saturated carbocycles. The van der Waals surface area contributed by atoms with Crippen molar-refractivity contribution in [2.45, 2.75) is 57.5 Å². The molecule has 1 rings (SSSR count). The molecule has 90 valence electrons. The second kappa shape index (κ2) is 5.91. The Morgan fingerprint density at radius 3 is 2.81 bits per heavy atom. The zero-order valence-electron chi connectivity index (χ0n) is 10.3. The van der Waals surface area contributed by atoms with E-state index in [0.29, 0.717) is 0 Å². The van der Waals surface area contributed by atoms with Crippen molar-refractivity contribution in [1.29, 1.82) is 0 Å². The first-order valence-electron chi connectivity index (χ1n) is 6.20. The first-order valence-corrected chi connectivity index (χ1v) is 6.20.